The number of carbonyl (C=O) groups excluding carboxylic acids is 1. The smallest absolute Gasteiger partial charge is 0.233 e. The lowest BCUT2D eigenvalue weighted by Gasteiger charge is -2.45. The molecule has 1 amide bonds. The summed E-state index contributed by atoms with van der Waals surface area (Å²) in [6, 6.07) is 7.84. The molecule has 3 rings (SSSR count). The van der Waals surface area contributed by atoms with E-state index in [2.05, 4.69) is 11.9 Å². The lowest BCUT2D eigenvalue weighted by molar-refractivity contribution is -0.142. The fourth-order valence-corrected chi connectivity index (χ4v) is 3.36. The average molecular weight is 293 g/mol. The van der Waals surface area contributed by atoms with Crippen molar-refractivity contribution >= 4 is 17.5 Å². The number of hydrogen-bond acceptors (Lipinski definition) is 2. The van der Waals surface area contributed by atoms with Crippen molar-refractivity contribution in [3.05, 3.63) is 34.9 Å². The van der Waals surface area contributed by atoms with Gasteiger partial charge >= 0.3 is 0 Å². The van der Waals surface area contributed by atoms with E-state index in [4.69, 9.17) is 11.6 Å². The maximum absolute atomic E-state index is 13.0. The summed E-state index contributed by atoms with van der Waals surface area (Å²) in [5.74, 6) is 0.319. The van der Waals surface area contributed by atoms with Gasteiger partial charge in [-0.05, 0) is 37.6 Å². The third-order valence-corrected chi connectivity index (χ3v) is 5.06. The van der Waals surface area contributed by atoms with E-state index in [0.29, 0.717) is 5.91 Å². The lowest BCUT2D eigenvalue weighted by atomic mass is 9.63. The third kappa shape index (κ3) is 2.33. The Kier molecular flexibility index (Phi) is 3.74. The normalized spacial score (nSPS) is 22.4. The molecule has 1 saturated heterocycles. The van der Waals surface area contributed by atoms with E-state index in [1.54, 1.807) is 0 Å². The number of likely N-dealkylation sites (N-methyl/N-ethyl adjacent to an activating group) is 1. The highest BCUT2D eigenvalue weighted by Gasteiger charge is 2.47. The van der Waals surface area contributed by atoms with Crippen LogP contribution < -0.4 is 0 Å². The zero-order valence-corrected chi connectivity index (χ0v) is 12.7. The van der Waals surface area contributed by atoms with Crippen molar-refractivity contribution in [1.82, 2.24) is 9.80 Å². The van der Waals surface area contributed by atoms with Gasteiger partial charge in [-0.3, -0.25) is 4.79 Å². The predicted octanol–water partition coefficient (Wildman–Crippen LogP) is 2.54. The molecule has 0 radical (unpaired) electrons. The number of halogens is 1. The van der Waals surface area contributed by atoms with Crippen LogP contribution in [0.15, 0.2) is 24.3 Å². The van der Waals surface area contributed by atoms with E-state index in [1.807, 2.05) is 29.2 Å². The van der Waals surface area contributed by atoms with Crippen LogP contribution in [0.3, 0.4) is 0 Å². The summed E-state index contributed by atoms with van der Waals surface area (Å²) in [5, 5.41) is 0.732. The zero-order chi connectivity index (χ0) is 14.2. The Morgan fingerprint density at radius 3 is 2.20 bits per heavy atom. The van der Waals surface area contributed by atoms with Crippen LogP contribution in [-0.4, -0.2) is 48.9 Å². The zero-order valence-electron chi connectivity index (χ0n) is 11.9. The number of amides is 1. The van der Waals surface area contributed by atoms with E-state index in [1.165, 1.54) is 0 Å². The van der Waals surface area contributed by atoms with E-state index < -0.39 is 0 Å². The summed E-state index contributed by atoms with van der Waals surface area (Å²) in [7, 11) is 2.11. The van der Waals surface area contributed by atoms with Crippen LogP contribution in [0, 0.1) is 0 Å². The molecule has 1 aliphatic heterocycles. The summed E-state index contributed by atoms with van der Waals surface area (Å²) in [6.07, 6.45) is 3.09. The molecule has 0 N–H and O–H groups in total. The van der Waals surface area contributed by atoms with Crippen molar-refractivity contribution in [3.63, 3.8) is 0 Å². The number of piperazine rings is 1. The van der Waals surface area contributed by atoms with Gasteiger partial charge in [-0.25, -0.2) is 0 Å². The molecule has 4 heteroatoms. The first kappa shape index (κ1) is 13.9. The fraction of sp³-hybridized carbons (Fsp3) is 0.562. The minimum Gasteiger partial charge on any atom is -0.339 e. The Balaban J connectivity index is 1.81. The second-order valence-corrected chi connectivity index (χ2v) is 6.47. The van der Waals surface area contributed by atoms with Gasteiger partial charge in [-0.2, -0.15) is 0 Å². The molecule has 3 nitrogen and oxygen atoms in total. The molecule has 0 unspecified atom stereocenters. The van der Waals surface area contributed by atoms with Gasteiger partial charge < -0.3 is 9.80 Å². The molecule has 0 aromatic heterocycles. The van der Waals surface area contributed by atoms with E-state index in [0.717, 1.165) is 56.0 Å². The molecule has 20 heavy (non-hydrogen) atoms. The van der Waals surface area contributed by atoms with Crippen LogP contribution in [0.25, 0.3) is 0 Å². The Hall–Kier alpha value is -1.06. The Bertz CT molecular complexity index is 488. The highest BCUT2D eigenvalue weighted by atomic mass is 35.5. The Morgan fingerprint density at radius 1 is 1.10 bits per heavy atom. The van der Waals surface area contributed by atoms with Crippen LogP contribution in [-0.2, 0) is 10.2 Å². The molecular formula is C16H21ClN2O. The van der Waals surface area contributed by atoms with Gasteiger partial charge in [0.15, 0.2) is 0 Å². The summed E-state index contributed by atoms with van der Waals surface area (Å²) in [6.45, 7) is 3.65. The first-order valence-electron chi connectivity index (χ1n) is 7.36. The second-order valence-electron chi connectivity index (χ2n) is 6.04. The predicted molar refractivity (Wildman–Crippen MR) is 81.1 cm³/mol. The summed E-state index contributed by atoms with van der Waals surface area (Å²) in [4.78, 5) is 17.3. The van der Waals surface area contributed by atoms with Crippen molar-refractivity contribution < 1.29 is 4.79 Å². The van der Waals surface area contributed by atoms with Gasteiger partial charge in [0.25, 0.3) is 0 Å². The molecule has 2 fully saturated rings. The fourth-order valence-electron chi connectivity index (χ4n) is 3.24. The SMILES string of the molecule is CN1CCN(C(=O)C2(c3ccc(Cl)cc3)CCC2)CC1. The molecule has 1 heterocycles. The molecule has 2 aliphatic rings. The maximum Gasteiger partial charge on any atom is 0.233 e. The highest BCUT2D eigenvalue weighted by Crippen LogP contribution is 2.45. The van der Waals surface area contributed by atoms with Gasteiger partial charge in [-0.1, -0.05) is 30.2 Å². The number of carbonyl (C=O) groups is 1. The van der Waals surface area contributed by atoms with Gasteiger partial charge in [0.1, 0.15) is 0 Å². The quantitative estimate of drug-likeness (QED) is 0.836. The minimum atomic E-state index is -0.277. The van der Waals surface area contributed by atoms with Crippen LogP contribution in [0.1, 0.15) is 24.8 Å². The summed E-state index contributed by atoms with van der Waals surface area (Å²) >= 11 is 5.97. The molecule has 0 atom stereocenters. The minimum absolute atomic E-state index is 0.277. The average Bonchev–Trinajstić information content (AvgIpc) is 2.40. The maximum atomic E-state index is 13.0. The van der Waals surface area contributed by atoms with Crippen LogP contribution >= 0.6 is 11.6 Å². The van der Waals surface area contributed by atoms with Crippen molar-refractivity contribution in [3.8, 4) is 0 Å². The van der Waals surface area contributed by atoms with Crippen molar-refractivity contribution in [2.75, 3.05) is 33.2 Å². The Labute approximate surface area is 125 Å². The van der Waals surface area contributed by atoms with Crippen LogP contribution in [0.2, 0.25) is 5.02 Å². The molecule has 1 aromatic carbocycles. The van der Waals surface area contributed by atoms with Crippen molar-refractivity contribution in [1.29, 1.82) is 0 Å². The van der Waals surface area contributed by atoms with Gasteiger partial charge in [-0.15, -0.1) is 0 Å². The number of nitrogens with zero attached hydrogens (tertiary/aromatic N) is 2. The second kappa shape index (κ2) is 5.38. The monoisotopic (exact) mass is 292 g/mol. The van der Waals surface area contributed by atoms with Gasteiger partial charge in [0, 0.05) is 31.2 Å². The topological polar surface area (TPSA) is 23.6 Å². The van der Waals surface area contributed by atoms with E-state index >= 15 is 0 Å². The summed E-state index contributed by atoms with van der Waals surface area (Å²) in [5.41, 5.74) is 0.859. The largest absolute Gasteiger partial charge is 0.339 e. The third-order valence-electron chi connectivity index (χ3n) is 4.80. The van der Waals surface area contributed by atoms with Crippen molar-refractivity contribution in [2.45, 2.75) is 24.7 Å². The van der Waals surface area contributed by atoms with Gasteiger partial charge in [0.05, 0.1) is 5.41 Å². The number of benzene rings is 1. The van der Waals surface area contributed by atoms with E-state index in [-0.39, 0.29) is 5.41 Å². The molecule has 0 bridgehead atoms. The number of hydrogen-bond donors (Lipinski definition) is 0. The number of rotatable bonds is 2. The standard InChI is InChI=1S/C16H21ClN2O/c1-18-9-11-19(12-10-18)15(20)16(7-2-8-16)13-3-5-14(17)6-4-13/h3-6H,2,7-12H2,1H3. The summed E-state index contributed by atoms with van der Waals surface area (Å²) < 4.78 is 0. The van der Waals surface area contributed by atoms with E-state index in [9.17, 15) is 4.79 Å². The van der Waals surface area contributed by atoms with Gasteiger partial charge in [0.2, 0.25) is 5.91 Å². The first-order chi connectivity index (χ1) is 9.62. The molecule has 0 spiro atoms. The molecule has 108 valence electrons. The molecule has 1 aliphatic carbocycles. The molecular weight excluding hydrogens is 272 g/mol. The van der Waals surface area contributed by atoms with Crippen LogP contribution in [0.4, 0.5) is 0 Å². The van der Waals surface area contributed by atoms with Crippen molar-refractivity contribution in [2.24, 2.45) is 0 Å². The first-order valence-corrected chi connectivity index (χ1v) is 7.74. The molecule has 1 aromatic rings. The highest BCUT2D eigenvalue weighted by molar-refractivity contribution is 6.30. The molecule has 1 saturated carbocycles. The van der Waals surface area contributed by atoms with Crippen LogP contribution in [0.5, 0.6) is 0 Å². The Morgan fingerprint density at radius 2 is 1.70 bits per heavy atom. The lowest BCUT2D eigenvalue weighted by Crippen LogP contribution is -2.56.